The molecule has 31 heavy (non-hydrogen) atoms. The van der Waals surface area contributed by atoms with Gasteiger partial charge in [0.05, 0.1) is 17.8 Å². The van der Waals surface area contributed by atoms with Gasteiger partial charge in [0, 0.05) is 4.88 Å². The zero-order valence-electron chi connectivity index (χ0n) is 17.1. The van der Waals surface area contributed by atoms with Crippen LogP contribution in [0, 0.1) is 0 Å². The van der Waals surface area contributed by atoms with Crippen molar-refractivity contribution in [1.29, 1.82) is 0 Å². The van der Waals surface area contributed by atoms with Gasteiger partial charge in [-0.25, -0.2) is 4.98 Å². The molecule has 6 heteroatoms. The Morgan fingerprint density at radius 2 is 1.65 bits per heavy atom. The summed E-state index contributed by atoms with van der Waals surface area (Å²) in [6.45, 7) is -0.0530. The summed E-state index contributed by atoms with van der Waals surface area (Å²) in [7, 11) is 0. The van der Waals surface area contributed by atoms with Crippen LogP contribution >= 0.6 is 11.3 Å². The van der Waals surface area contributed by atoms with Crippen molar-refractivity contribution in [2.24, 2.45) is 0 Å². The molecule has 0 spiro atoms. The Bertz CT molecular complexity index is 1240. The van der Waals surface area contributed by atoms with Gasteiger partial charge in [-0.05, 0) is 42.4 Å². The highest BCUT2D eigenvalue weighted by atomic mass is 32.1. The van der Waals surface area contributed by atoms with Gasteiger partial charge in [0.2, 0.25) is 5.91 Å². The van der Waals surface area contributed by atoms with Crippen molar-refractivity contribution in [2.45, 2.75) is 38.3 Å². The van der Waals surface area contributed by atoms with E-state index in [1.165, 1.54) is 15.8 Å². The van der Waals surface area contributed by atoms with E-state index in [1.807, 2.05) is 60.7 Å². The summed E-state index contributed by atoms with van der Waals surface area (Å²) in [5, 5.41) is 3.81. The number of nitrogens with one attached hydrogen (secondary N) is 1. The van der Waals surface area contributed by atoms with Gasteiger partial charge in [-0.1, -0.05) is 60.7 Å². The van der Waals surface area contributed by atoms with Crippen LogP contribution in [0.5, 0.6) is 0 Å². The summed E-state index contributed by atoms with van der Waals surface area (Å²) in [6, 6.07) is 19.4. The lowest BCUT2D eigenvalue weighted by molar-refractivity contribution is -0.122. The van der Waals surface area contributed by atoms with Gasteiger partial charge in [0.15, 0.2) is 0 Å². The molecule has 5 rings (SSSR count). The van der Waals surface area contributed by atoms with E-state index >= 15 is 0 Å². The molecular formula is C25H23N3O2S. The smallest absolute Gasteiger partial charge is 0.262 e. The maximum Gasteiger partial charge on any atom is 0.262 e. The average Bonchev–Trinajstić information content (AvgIpc) is 3.20. The van der Waals surface area contributed by atoms with E-state index in [0.717, 1.165) is 47.2 Å². The van der Waals surface area contributed by atoms with Crippen molar-refractivity contribution < 1.29 is 4.79 Å². The number of aryl methyl sites for hydroxylation is 2. The van der Waals surface area contributed by atoms with Crippen molar-refractivity contribution in [3.05, 3.63) is 98.9 Å². The molecule has 5 nitrogen and oxygen atoms in total. The fourth-order valence-corrected chi connectivity index (χ4v) is 5.52. The minimum atomic E-state index is -0.281. The van der Waals surface area contributed by atoms with Crippen LogP contribution in [0.2, 0.25) is 0 Å². The molecule has 1 amide bonds. The molecule has 4 aromatic rings. The molecule has 0 saturated heterocycles. The highest BCUT2D eigenvalue weighted by Crippen LogP contribution is 2.33. The van der Waals surface area contributed by atoms with Gasteiger partial charge < -0.3 is 5.32 Å². The summed E-state index contributed by atoms with van der Waals surface area (Å²) in [5.41, 5.74) is 3.02. The van der Waals surface area contributed by atoms with Crippen LogP contribution in [0.4, 0.5) is 0 Å². The number of benzene rings is 2. The molecule has 2 aromatic carbocycles. The molecular weight excluding hydrogens is 406 g/mol. The van der Waals surface area contributed by atoms with Crippen LogP contribution in [0.3, 0.4) is 0 Å². The summed E-state index contributed by atoms with van der Waals surface area (Å²) >= 11 is 1.62. The van der Waals surface area contributed by atoms with Crippen molar-refractivity contribution in [2.75, 3.05) is 0 Å². The number of nitrogens with zero attached hydrogens (tertiary/aromatic N) is 2. The third-order valence-corrected chi connectivity index (χ3v) is 7.03. The molecule has 1 aliphatic carbocycles. The minimum Gasteiger partial charge on any atom is -0.344 e. The monoisotopic (exact) mass is 429 g/mol. The molecule has 0 radical (unpaired) electrons. The quantitative estimate of drug-likeness (QED) is 0.516. The first kappa shape index (κ1) is 19.7. The van der Waals surface area contributed by atoms with Gasteiger partial charge in [-0.15, -0.1) is 11.3 Å². The van der Waals surface area contributed by atoms with Crippen molar-refractivity contribution in [3.63, 3.8) is 0 Å². The van der Waals surface area contributed by atoms with Crippen LogP contribution in [0.15, 0.2) is 71.8 Å². The second-order valence-corrected chi connectivity index (χ2v) is 8.97. The molecule has 0 unspecified atom stereocenters. The van der Waals surface area contributed by atoms with Gasteiger partial charge >= 0.3 is 0 Å². The number of rotatable bonds is 5. The molecule has 2 aromatic heterocycles. The number of hydrogen-bond acceptors (Lipinski definition) is 4. The Labute approximate surface area is 184 Å². The Morgan fingerprint density at radius 3 is 2.32 bits per heavy atom. The summed E-state index contributed by atoms with van der Waals surface area (Å²) in [6.07, 6.45) is 5.71. The van der Waals surface area contributed by atoms with Gasteiger partial charge in [0.1, 0.15) is 11.4 Å². The predicted molar refractivity (Wildman–Crippen MR) is 123 cm³/mol. The molecule has 1 aliphatic rings. The van der Waals surface area contributed by atoms with Crippen molar-refractivity contribution in [3.8, 4) is 0 Å². The summed E-state index contributed by atoms with van der Waals surface area (Å²) < 4.78 is 1.44. The normalized spacial score (nSPS) is 13.3. The summed E-state index contributed by atoms with van der Waals surface area (Å²) in [4.78, 5) is 32.7. The number of carbonyl (C=O) groups is 1. The van der Waals surface area contributed by atoms with E-state index in [9.17, 15) is 9.59 Å². The number of fused-ring (bicyclic) bond motifs is 3. The maximum atomic E-state index is 13.2. The van der Waals surface area contributed by atoms with Crippen LogP contribution in [0.25, 0.3) is 10.2 Å². The molecule has 0 bridgehead atoms. The number of hydrogen-bond donors (Lipinski definition) is 1. The maximum absolute atomic E-state index is 13.2. The van der Waals surface area contributed by atoms with Crippen molar-refractivity contribution in [1.82, 2.24) is 14.9 Å². The molecule has 0 aliphatic heterocycles. The largest absolute Gasteiger partial charge is 0.344 e. The van der Waals surface area contributed by atoms with E-state index < -0.39 is 0 Å². The number of carbonyl (C=O) groups excluding carboxylic acids is 1. The number of aromatic nitrogens is 2. The lowest BCUT2D eigenvalue weighted by Crippen LogP contribution is -2.35. The topological polar surface area (TPSA) is 64.0 Å². The van der Waals surface area contributed by atoms with Gasteiger partial charge in [-0.3, -0.25) is 14.2 Å². The van der Waals surface area contributed by atoms with Crippen LogP contribution in [-0.2, 0) is 24.2 Å². The number of amides is 1. The highest BCUT2D eigenvalue weighted by molar-refractivity contribution is 7.18. The molecule has 156 valence electrons. The Balaban J connectivity index is 1.43. The Morgan fingerprint density at radius 1 is 1.00 bits per heavy atom. The van der Waals surface area contributed by atoms with Crippen LogP contribution in [-0.4, -0.2) is 15.5 Å². The standard InChI is InChI=1S/C25H23N3O2S/c29-21(27-23(17-9-3-1-4-10-17)18-11-5-2-6-12-18)15-28-16-26-24-22(25(28)30)19-13-7-8-14-20(19)31-24/h1-6,9-12,16,23H,7-8,13-15H2,(H,27,29). The molecule has 0 fully saturated rings. The van der Waals surface area contributed by atoms with E-state index in [1.54, 1.807) is 11.3 Å². The van der Waals surface area contributed by atoms with Crippen molar-refractivity contribution >= 4 is 27.5 Å². The average molecular weight is 430 g/mol. The first-order chi connectivity index (χ1) is 15.2. The fraction of sp³-hybridized carbons (Fsp3) is 0.240. The van der Waals surface area contributed by atoms with Crippen LogP contribution in [0.1, 0.15) is 40.5 Å². The van der Waals surface area contributed by atoms with Crippen LogP contribution < -0.4 is 10.9 Å². The summed E-state index contributed by atoms with van der Waals surface area (Å²) in [5.74, 6) is -0.218. The van der Waals surface area contributed by atoms with E-state index in [2.05, 4.69) is 10.3 Å². The first-order valence-electron chi connectivity index (χ1n) is 10.6. The lowest BCUT2D eigenvalue weighted by atomic mass is 9.97. The molecule has 2 heterocycles. The third-order valence-electron chi connectivity index (χ3n) is 5.83. The SMILES string of the molecule is O=C(Cn1cnc2sc3c(c2c1=O)CCCC3)NC(c1ccccc1)c1ccccc1. The molecule has 0 saturated carbocycles. The lowest BCUT2D eigenvalue weighted by Gasteiger charge is -2.20. The molecule has 0 atom stereocenters. The Kier molecular flexibility index (Phi) is 5.38. The zero-order valence-corrected chi connectivity index (χ0v) is 17.9. The molecule has 1 N–H and O–H groups in total. The third kappa shape index (κ3) is 3.91. The zero-order chi connectivity index (χ0) is 21.2. The van der Waals surface area contributed by atoms with E-state index in [-0.39, 0.29) is 24.1 Å². The second kappa shape index (κ2) is 8.47. The predicted octanol–water partition coefficient (Wildman–Crippen LogP) is 4.24. The minimum absolute atomic E-state index is 0.0530. The van der Waals surface area contributed by atoms with Gasteiger partial charge in [0.25, 0.3) is 5.56 Å². The number of thiophene rings is 1. The first-order valence-corrected chi connectivity index (χ1v) is 11.4. The second-order valence-electron chi connectivity index (χ2n) is 7.89. The Hall–Kier alpha value is -3.25. The highest BCUT2D eigenvalue weighted by Gasteiger charge is 2.21. The van der Waals surface area contributed by atoms with Gasteiger partial charge in [-0.2, -0.15) is 0 Å². The van der Waals surface area contributed by atoms with E-state index in [0.29, 0.717) is 5.39 Å². The fourth-order valence-electron chi connectivity index (χ4n) is 4.31. The van der Waals surface area contributed by atoms with E-state index in [4.69, 9.17) is 0 Å².